The Morgan fingerprint density at radius 3 is 2.52 bits per heavy atom. The average molecular weight is 439 g/mol. The number of carbonyl (C=O) groups excluding carboxylic acids is 2. The molecule has 0 bridgehead atoms. The Morgan fingerprint density at radius 1 is 1.16 bits per heavy atom. The van der Waals surface area contributed by atoms with Gasteiger partial charge in [-0.05, 0) is 24.3 Å². The lowest BCUT2D eigenvalue weighted by molar-refractivity contribution is -0.384. The highest BCUT2D eigenvalue weighted by Crippen LogP contribution is 2.42. The molecule has 9 heteroatoms. The number of fused-ring (bicyclic) bond motifs is 3. The molecule has 31 heavy (non-hydrogen) atoms. The first-order chi connectivity index (χ1) is 14.5. The van der Waals surface area contributed by atoms with Gasteiger partial charge in [0.1, 0.15) is 0 Å². The third-order valence-electron chi connectivity index (χ3n) is 5.17. The van der Waals surface area contributed by atoms with E-state index in [1.165, 1.54) is 12.1 Å². The molecule has 1 N–H and O–H groups in total. The molecule has 1 aromatic heterocycles. The number of carbonyl (C=O) groups is 2. The Morgan fingerprint density at radius 2 is 1.87 bits per heavy atom. The van der Waals surface area contributed by atoms with Crippen molar-refractivity contribution in [1.29, 1.82) is 0 Å². The van der Waals surface area contributed by atoms with Gasteiger partial charge in [-0.1, -0.05) is 32.4 Å². The molecule has 1 aliphatic carbocycles. The van der Waals surface area contributed by atoms with Crippen LogP contribution in [0, 0.1) is 10.1 Å². The number of anilines is 1. The molecular weight excluding hydrogens is 420 g/mol. The standard InChI is InChI=1S/C22H19ClN4O4/c1-22(2,3)20-17-18(26(4)25-20)13-7-5-11(9-14(13)19(17)28)24-21(29)15-10-12(27(30)31)6-8-16(15)23/h5-10H,1-4H3,(H,24,29). The molecule has 3 aromatic rings. The van der Waals surface area contributed by atoms with E-state index < -0.39 is 10.8 Å². The van der Waals surface area contributed by atoms with Crippen molar-refractivity contribution in [2.45, 2.75) is 26.2 Å². The number of halogens is 1. The number of nitro benzene ring substituents is 1. The molecule has 0 radical (unpaired) electrons. The van der Waals surface area contributed by atoms with Gasteiger partial charge in [0.15, 0.2) is 5.78 Å². The summed E-state index contributed by atoms with van der Waals surface area (Å²) in [6.07, 6.45) is 0. The van der Waals surface area contributed by atoms with Gasteiger partial charge in [-0.2, -0.15) is 5.10 Å². The molecule has 0 saturated carbocycles. The summed E-state index contributed by atoms with van der Waals surface area (Å²) in [6, 6.07) is 8.69. The van der Waals surface area contributed by atoms with Crippen LogP contribution < -0.4 is 5.32 Å². The minimum atomic E-state index is -0.603. The second-order valence-corrected chi connectivity index (χ2v) is 8.82. The lowest BCUT2D eigenvalue weighted by Crippen LogP contribution is -2.17. The van der Waals surface area contributed by atoms with E-state index in [2.05, 4.69) is 10.4 Å². The first-order valence-corrected chi connectivity index (χ1v) is 9.88. The Kier molecular flexibility index (Phi) is 4.70. The van der Waals surface area contributed by atoms with E-state index in [1.54, 1.807) is 29.9 Å². The monoisotopic (exact) mass is 438 g/mol. The Labute approximate surface area is 183 Å². The molecule has 1 aliphatic rings. The summed E-state index contributed by atoms with van der Waals surface area (Å²) in [5.74, 6) is -0.749. The number of nitrogens with one attached hydrogen (secondary N) is 1. The van der Waals surface area contributed by atoms with E-state index >= 15 is 0 Å². The van der Waals surface area contributed by atoms with Crippen LogP contribution in [0.4, 0.5) is 11.4 Å². The molecule has 0 saturated heterocycles. The summed E-state index contributed by atoms with van der Waals surface area (Å²) >= 11 is 6.06. The zero-order valence-electron chi connectivity index (χ0n) is 17.3. The lowest BCUT2D eigenvalue weighted by Gasteiger charge is -2.16. The van der Waals surface area contributed by atoms with Crippen LogP contribution in [0.1, 0.15) is 52.7 Å². The number of nitrogens with zero attached hydrogens (tertiary/aromatic N) is 3. The van der Waals surface area contributed by atoms with Gasteiger partial charge in [0.05, 0.1) is 32.5 Å². The lowest BCUT2D eigenvalue weighted by atomic mass is 9.88. The molecule has 158 valence electrons. The molecule has 2 aromatic carbocycles. The highest BCUT2D eigenvalue weighted by molar-refractivity contribution is 6.34. The smallest absolute Gasteiger partial charge is 0.270 e. The number of non-ortho nitro benzene ring substituents is 1. The molecule has 1 amide bonds. The molecule has 0 unspecified atom stereocenters. The number of amides is 1. The molecule has 0 fully saturated rings. The molecule has 8 nitrogen and oxygen atoms in total. The highest BCUT2D eigenvalue weighted by atomic mass is 35.5. The first-order valence-electron chi connectivity index (χ1n) is 9.51. The van der Waals surface area contributed by atoms with Gasteiger partial charge in [-0.3, -0.25) is 24.4 Å². The van der Waals surface area contributed by atoms with Crippen LogP contribution in [0.25, 0.3) is 11.3 Å². The van der Waals surface area contributed by atoms with E-state index in [0.29, 0.717) is 16.8 Å². The third-order valence-corrected chi connectivity index (χ3v) is 5.50. The fourth-order valence-corrected chi connectivity index (χ4v) is 3.93. The summed E-state index contributed by atoms with van der Waals surface area (Å²) < 4.78 is 1.71. The van der Waals surface area contributed by atoms with Crippen LogP contribution in [-0.4, -0.2) is 26.4 Å². The summed E-state index contributed by atoms with van der Waals surface area (Å²) in [5.41, 5.74) is 3.09. The van der Waals surface area contributed by atoms with Crippen molar-refractivity contribution in [2.75, 3.05) is 5.32 Å². The van der Waals surface area contributed by atoms with Crippen molar-refractivity contribution in [3.05, 3.63) is 73.9 Å². The second kappa shape index (κ2) is 7.02. The maximum absolute atomic E-state index is 13.2. The zero-order valence-corrected chi connectivity index (χ0v) is 18.1. The van der Waals surface area contributed by atoms with Crippen molar-refractivity contribution in [3.8, 4) is 11.3 Å². The van der Waals surface area contributed by atoms with Crippen molar-refractivity contribution >= 4 is 34.7 Å². The number of aromatic nitrogens is 2. The number of nitro groups is 1. The van der Waals surface area contributed by atoms with Crippen molar-refractivity contribution in [2.24, 2.45) is 7.05 Å². The van der Waals surface area contributed by atoms with Crippen molar-refractivity contribution in [3.63, 3.8) is 0 Å². The number of ketones is 1. The van der Waals surface area contributed by atoms with Crippen LogP contribution in [0.2, 0.25) is 5.02 Å². The number of hydrogen-bond donors (Lipinski definition) is 1. The van der Waals surface area contributed by atoms with Gasteiger partial charge >= 0.3 is 0 Å². The number of aryl methyl sites for hydroxylation is 1. The van der Waals surface area contributed by atoms with Crippen molar-refractivity contribution < 1.29 is 14.5 Å². The maximum atomic E-state index is 13.2. The quantitative estimate of drug-likeness (QED) is 0.367. The zero-order chi connectivity index (χ0) is 22.7. The molecule has 4 rings (SSSR count). The van der Waals surface area contributed by atoms with Crippen LogP contribution >= 0.6 is 11.6 Å². The van der Waals surface area contributed by atoms with Crippen LogP contribution in [0.15, 0.2) is 36.4 Å². The number of benzene rings is 2. The Hall–Kier alpha value is -3.52. The van der Waals surface area contributed by atoms with Gasteiger partial charge < -0.3 is 5.32 Å². The molecular formula is C22H19ClN4O4. The van der Waals surface area contributed by atoms with Gasteiger partial charge in [0.25, 0.3) is 11.6 Å². The summed E-state index contributed by atoms with van der Waals surface area (Å²) in [6.45, 7) is 6.00. The second-order valence-electron chi connectivity index (χ2n) is 8.41. The van der Waals surface area contributed by atoms with Gasteiger partial charge in [0, 0.05) is 41.4 Å². The molecule has 1 heterocycles. The fourth-order valence-electron chi connectivity index (χ4n) is 3.72. The predicted octanol–water partition coefficient (Wildman–Crippen LogP) is 4.74. The van der Waals surface area contributed by atoms with E-state index in [4.69, 9.17) is 11.6 Å². The number of hydrogen-bond acceptors (Lipinski definition) is 5. The SMILES string of the molecule is Cn1nc(C(C)(C)C)c2c1-c1ccc(NC(=O)c3cc([N+](=O)[O-])ccc3Cl)cc1C2=O. The third kappa shape index (κ3) is 3.38. The van der Waals surface area contributed by atoms with E-state index in [1.807, 2.05) is 20.8 Å². The largest absolute Gasteiger partial charge is 0.322 e. The van der Waals surface area contributed by atoms with Crippen LogP contribution in [0.3, 0.4) is 0 Å². The van der Waals surface area contributed by atoms with Crippen LogP contribution in [0.5, 0.6) is 0 Å². The highest BCUT2D eigenvalue weighted by Gasteiger charge is 2.37. The van der Waals surface area contributed by atoms with Crippen LogP contribution in [-0.2, 0) is 12.5 Å². The molecule has 0 atom stereocenters. The Balaban J connectivity index is 1.69. The summed E-state index contributed by atoms with van der Waals surface area (Å²) in [4.78, 5) is 36.3. The first kappa shape index (κ1) is 20.7. The van der Waals surface area contributed by atoms with E-state index in [9.17, 15) is 19.7 Å². The summed E-state index contributed by atoms with van der Waals surface area (Å²) in [7, 11) is 1.80. The maximum Gasteiger partial charge on any atom is 0.270 e. The normalized spacial score (nSPS) is 12.5. The fraction of sp³-hybridized carbons (Fsp3) is 0.227. The molecule has 0 aliphatic heterocycles. The number of rotatable bonds is 3. The van der Waals surface area contributed by atoms with Crippen molar-refractivity contribution in [1.82, 2.24) is 9.78 Å². The topological polar surface area (TPSA) is 107 Å². The summed E-state index contributed by atoms with van der Waals surface area (Å²) in [5, 5.41) is 18.3. The average Bonchev–Trinajstić information content (AvgIpc) is 3.18. The Bertz CT molecular complexity index is 1290. The van der Waals surface area contributed by atoms with Gasteiger partial charge in [-0.15, -0.1) is 0 Å². The minimum Gasteiger partial charge on any atom is -0.322 e. The molecule has 0 spiro atoms. The minimum absolute atomic E-state index is 0.0230. The van der Waals surface area contributed by atoms with E-state index in [-0.39, 0.29) is 27.5 Å². The van der Waals surface area contributed by atoms with E-state index in [0.717, 1.165) is 23.0 Å². The predicted molar refractivity (Wildman–Crippen MR) is 117 cm³/mol. The van der Waals surface area contributed by atoms with Gasteiger partial charge in [0.2, 0.25) is 0 Å². The van der Waals surface area contributed by atoms with Gasteiger partial charge in [-0.25, -0.2) is 0 Å².